The summed E-state index contributed by atoms with van der Waals surface area (Å²) in [6, 6.07) is 9.34. The van der Waals surface area contributed by atoms with E-state index in [1.54, 1.807) is 0 Å². The van der Waals surface area contributed by atoms with Crippen molar-refractivity contribution in [2.45, 2.75) is 18.8 Å². The molecule has 0 radical (unpaired) electrons. The van der Waals surface area contributed by atoms with Gasteiger partial charge in [-0.25, -0.2) is 4.98 Å². The van der Waals surface area contributed by atoms with Crippen molar-refractivity contribution >= 4 is 0 Å². The summed E-state index contributed by atoms with van der Waals surface area (Å²) in [7, 11) is 0. The first-order valence-corrected chi connectivity index (χ1v) is 7.50. The van der Waals surface area contributed by atoms with Gasteiger partial charge in [-0.2, -0.15) is 26.3 Å². The van der Waals surface area contributed by atoms with Crippen LogP contribution in [0.4, 0.5) is 26.3 Å². The molecule has 0 aliphatic heterocycles. The molecule has 26 heavy (non-hydrogen) atoms. The lowest BCUT2D eigenvalue weighted by atomic mass is 10.1. The topological polar surface area (TPSA) is 28.7 Å². The Kier molecular flexibility index (Phi) is 4.52. The first kappa shape index (κ1) is 18.0. The van der Waals surface area contributed by atoms with E-state index >= 15 is 0 Å². The first-order valence-electron chi connectivity index (χ1n) is 7.50. The van der Waals surface area contributed by atoms with Gasteiger partial charge in [0, 0.05) is 6.42 Å². The highest BCUT2D eigenvalue weighted by molar-refractivity contribution is 5.59. The average Bonchev–Trinajstić information content (AvgIpc) is 3.02. The smallest absolute Gasteiger partial charge is 0.342 e. The van der Waals surface area contributed by atoms with Crippen LogP contribution >= 0.6 is 0 Å². The van der Waals surface area contributed by atoms with Gasteiger partial charge in [-0.05, 0) is 35.4 Å². The molecule has 0 atom stereocenters. The molecular formula is C18H12F6N2. The summed E-state index contributed by atoms with van der Waals surface area (Å²) >= 11 is 0. The van der Waals surface area contributed by atoms with Crippen molar-refractivity contribution < 1.29 is 26.3 Å². The maximum Gasteiger partial charge on any atom is 0.416 e. The Labute approximate surface area is 144 Å². The third kappa shape index (κ3) is 4.07. The van der Waals surface area contributed by atoms with Gasteiger partial charge in [-0.15, -0.1) is 0 Å². The van der Waals surface area contributed by atoms with Crippen LogP contribution in [0.15, 0.2) is 54.7 Å². The number of imidazole rings is 1. The number of alkyl halides is 6. The number of benzene rings is 2. The van der Waals surface area contributed by atoms with Crippen LogP contribution in [0, 0.1) is 0 Å². The SMILES string of the molecule is FC(F)(F)c1ccc(Cc2ncc(-c3ccc(C(F)(F)F)cc3)[nH]2)cc1. The van der Waals surface area contributed by atoms with E-state index in [2.05, 4.69) is 9.97 Å². The second kappa shape index (κ2) is 6.51. The molecule has 0 aliphatic rings. The lowest BCUT2D eigenvalue weighted by molar-refractivity contribution is -0.138. The van der Waals surface area contributed by atoms with Gasteiger partial charge >= 0.3 is 12.4 Å². The van der Waals surface area contributed by atoms with Gasteiger partial charge in [0.1, 0.15) is 5.82 Å². The minimum atomic E-state index is -4.40. The minimum absolute atomic E-state index is 0.277. The van der Waals surface area contributed by atoms with Crippen molar-refractivity contribution in [2.75, 3.05) is 0 Å². The van der Waals surface area contributed by atoms with E-state index in [0.717, 1.165) is 24.3 Å². The number of hydrogen-bond acceptors (Lipinski definition) is 1. The predicted octanol–water partition coefficient (Wildman–Crippen LogP) is 5.71. The number of halogens is 6. The molecule has 2 nitrogen and oxygen atoms in total. The van der Waals surface area contributed by atoms with Crippen LogP contribution in [0.2, 0.25) is 0 Å². The molecule has 3 rings (SSSR count). The van der Waals surface area contributed by atoms with Gasteiger partial charge in [0.25, 0.3) is 0 Å². The lowest BCUT2D eigenvalue weighted by Gasteiger charge is -2.07. The van der Waals surface area contributed by atoms with Crippen LogP contribution in [0.3, 0.4) is 0 Å². The van der Waals surface area contributed by atoms with E-state index in [0.29, 0.717) is 22.6 Å². The summed E-state index contributed by atoms with van der Waals surface area (Å²) in [4.78, 5) is 7.10. The zero-order valence-electron chi connectivity index (χ0n) is 13.1. The molecule has 136 valence electrons. The van der Waals surface area contributed by atoms with Crippen LogP contribution < -0.4 is 0 Å². The van der Waals surface area contributed by atoms with Gasteiger partial charge < -0.3 is 4.98 Å². The third-order valence-electron chi connectivity index (χ3n) is 3.80. The van der Waals surface area contributed by atoms with Crippen molar-refractivity contribution in [3.63, 3.8) is 0 Å². The average molecular weight is 370 g/mol. The van der Waals surface area contributed by atoms with Crippen molar-refractivity contribution in [2.24, 2.45) is 0 Å². The fourth-order valence-corrected chi connectivity index (χ4v) is 2.44. The van der Waals surface area contributed by atoms with Crippen LogP contribution in [0.1, 0.15) is 22.5 Å². The van der Waals surface area contributed by atoms with Gasteiger partial charge in [0.05, 0.1) is 23.0 Å². The molecule has 0 aliphatic carbocycles. The van der Waals surface area contributed by atoms with Crippen LogP contribution in [0.25, 0.3) is 11.3 Å². The molecule has 2 aromatic carbocycles. The molecule has 8 heteroatoms. The molecule has 0 unspecified atom stereocenters. The molecule has 0 saturated carbocycles. The molecule has 1 N–H and O–H groups in total. The molecule has 0 saturated heterocycles. The minimum Gasteiger partial charge on any atom is -0.342 e. The van der Waals surface area contributed by atoms with Gasteiger partial charge in [0.15, 0.2) is 0 Å². The summed E-state index contributed by atoms with van der Waals surface area (Å²) in [5, 5.41) is 0. The van der Waals surface area contributed by atoms with Crippen LogP contribution in [-0.2, 0) is 18.8 Å². The zero-order valence-corrected chi connectivity index (χ0v) is 13.1. The summed E-state index contributed by atoms with van der Waals surface area (Å²) < 4.78 is 75.4. The summed E-state index contributed by atoms with van der Waals surface area (Å²) in [5.74, 6) is 0.500. The van der Waals surface area contributed by atoms with E-state index < -0.39 is 23.5 Å². The first-order chi connectivity index (χ1) is 12.1. The largest absolute Gasteiger partial charge is 0.416 e. The highest BCUT2D eigenvalue weighted by atomic mass is 19.4. The fraction of sp³-hybridized carbons (Fsp3) is 0.167. The molecule has 3 aromatic rings. The second-order valence-electron chi connectivity index (χ2n) is 5.69. The Hall–Kier alpha value is -2.77. The summed E-state index contributed by atoms with van der Waals surface area (Å²) in [6.45, 7) is 0. The normalized spacial score (nSPS) is 12.4. The van der Waals surface area contributed by atoms with E-state index in [1.165, 1.54) is 30.5 Å². The predicted molar refractivity (Wildman–Crippen MR) is 83.3 cm³/mol. The summed E-state index contributed by atoms with van der Waals surface area (Å²) in [6.07, 6.45) is -7.04. The standard InChI is InChI=1S/C18H12F6N2/c19-17(20,21)13-5-1-11(2-6-13)9-16-25-10-15(26-16)12-3-7-14(8-4-12)18(22,23)24/h1-8,10H,9H2,(H,25,26). The van der Waals surface area contributed by atoms with E-state index in [-0.39, 0.29) is 6.42 Å². The Morgan fingerprint density at radius 1 is 0.731 bits per heavy atom. The highest BCUT2D eigenvalue weighted by Gasteiger charge is 2.30. The van der Waals surface area contributed by atoms with E-state index in [4.69, 9.17) is 0 Å². The molecule has 1 heterocycles. The van der Waals surface area contributed by atoms with E-state index in [9.17, 15) is 26.3 Å². The Morgan fingerprint density at radius 2 is 1.23 bits per heavy atom. The van der Waals surface area contributed by atoms with Crippen molar-refractivity contribution in [1.29, 1.82) is 0 Å². The lowest BCUT2D eigenvalue weighted by Crippen LogP contribution is -2.04. The zero-order chi connectivity index (χ0) is 18.9. The fourth-order valence-electron chi connectivity index (χ4n) is 2.44. The van der Waals surface area contributed by atoms with Gasteiger partial charge in [0.2, 0.25) is 0 Å². The number of nitrogens with one attached hydrogen (secondary N) is 1. The number of H-pyrrole nitrogens is 1. The molecule has 1 aromatic heterocycles. The molecule has 0 amide bonds. The molecule has 0 bridgehead atoms. The Morgan fingerprint density at radius 3 is 1.73 bits per heavy atom. The second-order valence-corrected chi connectivity index (χ2v) is 5.69. The molecule has 0 fully saturated rings. The Bertz CT molecular complexity index is 874. The van der Waals surface area contributed by atoms with Gasteiger partial charge in [-0.3, -0.25) is 0 Å². The third-order valence-corrected chi connectivity index (χ3v) is 3.80. The maximum atomic E-state index is 12.6. The monoisotopic (exact) mass is 370 g/mol. The molecule has 0 spiro atoms. The van der Waals surface area contributed by atoms with E-state index in [1.807, 2.05) is 0 Å². The number of nitrogens with zero attached hydrogens (tertiary/aromatic N) is 1. The number of aromatic amines is 1. The number of aromatic nitrogens is 2. The quantitative estimate of drug-likeness (QED) is 0.588. The maximum absolute atomic E-state index is 12.6. The summed E-state index contributed by atoms with van der Waals surface area (Å²) in [5.41, 5.74) is 0.216. The number of rotatable bonds is 3. The van der Waals surface area contributed by atoms with Gasteiger partial charge in [-0.1, -0.05) is 24.3 Å². The van der Waals surface area contributed by atoms with Crippen molar-refractivity contribution in [3.8, 4) is 11.3 Å². The molecular weight excluding hydrogens is 358 g/mol. The van der Waals surface area contributed by atoms with Crippen molar-refractivity contribution in [1.82, 2.24) is 9.97 Å². The number of hydrogen-bond donors (Lipinski definition) is 1. The van der Waals surface area contributed by atoms with Crippen LogP contribution in [-0.4, -0.2) is 9.97 Å². The van der Waals surface area contributed by atoms with Crippen molar-refractivity contribution in [3.05, 3.63) is 77.2 Å². The van der Waals surface area contributed by atoms with Crippen LogP contribution in [0.5, 0.6) is 0 Å². The Balaban J connectivity index is 1.74. The highest BCUT2D eigenvalue weighted by Crippen LogP contribution is 2.31.